The van der Waals surface area contributed by atoms with Crippen LogP contribution in [-0.4, -0.2) is 34.5 Å². The third-order valence-corrected chi connectivity index (χ3v) is 4.52. The maximum atomic E-state index is 12.5. The van der Waals surface area contributed by atoms with Gasteiger partial charge in [0, 0.05) is 22.6 Å². The molecule has 0 aromatic heterocycles. The molecule has 1 N–H and O–H groups in total. The van der Waals surface area contributed by atoms with E-state index in [2.05, 4.69) is 15.9 Å². The van der Waals surface area contributed by atoms with E-state index in [1.165, 1.54) is 18.6 Å². The molecule has 2 aliphatic rings. The third-order valence-electron chi connectivity index (χ3n) is 4.06. The highest BCUT2D eigenvalue weighted by atomic mass is 79.9. The molecular formula is C14H14BrNO3. The number of hydrogen-bond donors (Lipinski definition) is 1. The van der Waals surface area contributed by atoms with Gasteiger partial charge in [0.25, 0.3) is 5.91 Å². The molecule has 1 heterocycles. The Morgan fingerprint density at radius 1 is 1.21 bits per heavy atom. The lowest BCUT2D eigenvalue weighted by atomic mass is 10.1. The van der Waals surface area contributed by atoms with E-state index in [9.17, 15) is 9.59 Å². The zero-order valence-corrected chi connectivity index (χ0v) is 11.9. The summed E-state index contributed by atoms with van der Waals surface area (Å²) >= 11 is 3.27. The van der Waals surface area contributed by atoms with Gasteiger partial charge in [-0.1, -0.05) is 15.9 Å². The van der Waals surface area contributed by atoms with Crippen molar-refractivity contribution in [3.63, 3.8) is 0 Å². The molecule has 2 fully saturated rings. The smallest absolute Gasteiger partial charge is 0.335 e. The highest BCUT2D eigenvalue weighted by Gasteiger charge is 2.40. The largest absolute Gasteiger partial charge is 0.478 e. The Hall–Kier alpha value is -1.36. The Morgan fingerprint density at radius 3 is 2.53 bits per heavy atom. The Labute approximate surface area is 119 Å². The number of aromatic carboxylic acids is 1. The van der Waals surface area contributed by atoms with Gasteiger partial charge >= 0.3 is 5.97 Å². The normalized spacial score (nSPS) is 24.8. The summed E-state index contributed by atoms with van der Waals surface area (Å²) in [5.74, 6) is -0.422. The molecule has 2 atom stereocenters. The average molecular weight is 324 g/mol. The van der Waals surface area contributed by atoms with E-state index in [0.29, 0.717) is 22.0 Å². The second-order valence-corrected chi connectivity index (χ2v) is 6.24. The SMILES string of the molecule is O=C(O)c1cc(Br)cc(C(=O)N2CC3CCC2C3)c1. The topological polar surface area (TPSA) is 57.6 Å². The van der Waals surface area contributed by atoms with Gasteiger partial charge in [0.2, 0.25) is 0 Å². The standard InChI is InChI=1S/C14H14BrNO3/c15-11-5-9(4-10(6-11)14(18)19)13(17)16-7-8-1-2-12(16)3-8/h4-6,8,12H,1-3,7H2,(H,18,19). The molecule has 1 aliphatic carbocycles. The number of carboxylic acids is 1. The number of likely N-dealkylation sites (tertiary alicyclic amines) is 1. The molecule has 1 aliphatic heterocycles. The molecule has 3 rings (SSSR count). The number of carbonyl (C=O) groups excluding carboxylic acids is 1. The first-order chi connectivity index (χ1) is 9.04. The number of carboxylic acid groups (broad SMARTS) is 1. The first-order valence-electron chi connectivity index (χ1n) is 6.39. The quantitative estimate of drug-likeness (QED) is 0.910. The molecule has 1 aromatic rings. The van der Waals surface area contributed by atoms with Crippen molar-refractivity contribution in [3.8, 4) is 0 Å². The molecule has 0 radical (unpaired) electrons. The Morgan fingerprint density at radius 2 is 1.95 bits per heavy atom. The number of piperidine rings is 1. The van der Waals surface area contributed by atoms with Crippen LogP contribution in [0, 0.1) is 5.92 Å². The fourth-order valence-corrected chi connectivity index (χ4v) is 3.67. The zero-order chi connectivity index (χ0) is 13.6. The summed E-state index contributed by atoms with van der Waals surface area (Å²) in [4.78, 5) is 25.4. The van der Waals surface area contributed by atoms with Gasteiger partial charge < -0.3 is 10.0 Å². The minimum Gasteiger partial charge on any atom is -0.478 e. The Bertz CT molecular complexity index is 558. The van der Waals surface area contributed by atoms with Crippen LogP contribution in [0.3, 0.4) is 0 Å². The maximum Gasteiger partial charge on any atom is 0.335 e. The molecule has 1 saturated carbocycles. The van der Waals surface area contributed by atoms with E-state index in [1.807, 2.05) is 4.90 Å². The molecule has 2 bridgehead atoms. The van der Waals surface area contributed by atoms with E-state index < -0.39 is 5.97 Å². The fourth-order valence-electron chi connectivity index (χ4n) is 3.18. The van der Waals surface area contributed by atoms with Crippen molar-refractivity contribution in [2.24, 2.45) is 5.92 Å². The first-order valence-corrected chi connectivity index (χ1v) is 7.19. The highest BCUT2D eigenvalue weighted by molar-refractivity contribution is 9.10. The number of benzene rings is 1. The van der Waals surface area contributed by atoms with Gasteiger partial charge in [0.1, 0.15) is 0 Å². The molecule has 2 unspecified atom stereocenters. The Kier molecular flexibility index (Phi) is 3.09. The predicted molar refractivity (Wildman–Crippen MR) is 73.3 cm³/mol. The predicted octanol–water partition coefficient (Wildman–Crippen LogP) is 2.77. The summed E-state index contributed by atoms with van der Waals surface area (Å²) in [7, 11) is 0. The molecule has 5 heteroatoms. The van der Waals surface area contributed by atoms with Crippen LogP contribution < -0.4 is 0 Å². The lowest BCUT2D eigenvalue weighted by Crippen LogP contribution is -2.37. The lowest BCUT2D eigenvalue weighted by Gasteiger charge is -2.27. The number of hydrogen-bond acceptors (Lipinski definition) is 2. The van der Waals surface area contributed by atoms with Crippen LogP contribution >= 0.6 is 15.9 Å². The highest BCUT2D eigenvalue weighted by Crippen LogP contribution is 2.38. The molecule has 0 spiro atoms. The molecule has 1 amide bonds. The van der Waals surface area contributed by atoms with Crippen molar-refractivity contribution in [1.29, 1.82) is 0 Å². The lowest BCUT2D eigenvalue weighted by molar-refractivity contribution is 0.0696. The average Bonchev–Trinajstić information content (AvgIpc) is 2.99. The van der Waals surface area contributed by atoms with Gasteiger partial charge in [-0.05, 0) is 43.4 Å². The van der Waals surface area contributed by atoms with Gasteiger partial charge in [-0.15, -0.1) is 0 Å². The van der Waals surface area contributed by atoms with Crippen LogP contribution in [0.1, 0.15) is 40.0 Å². The van der Waals surface area contributed by atoms with E-state index in [-0.39, 0.29) is 11.5 Å². The number of carbonyl (C=O) groups is 2. The molecule has 100 valence electrons. The number of nitrogens with zero attached hydrogens (tertiary/aromatic N) is 1. The number of rotatable bonds is 2. The van der Waals surface area contributed by atoms with Crippen molar-refractivity contribution in [1.82, 2.24) is 4.90 Å². The molecule has 1 saturated heterocycles. The summed E-state index contributed by atoms with van der Waals surface area (Å²) in [6, 6.07) is 5.02. The van der Waals surface area contributed by atoms with E-state index in [4.69, 9.17) is 5.11 Å². The maximum absolute atomic E-state index is 12.5. The van der Waals surface area contributed by atoms with Crippen molar-refractivity contribution < 1.29 is 14.7 Å². The first kappa shape index (κ1) is 12.7. The van der Waals surface area contributed by atoms with Gasteiger partial charge in [-0.3, -0.25) is 4.79 Å². The number of fused-ring (bicyclic) bond motifs is 2. The van der Waals surface area contributed by atoms with Crippen LogP contribution in [0.15, 0.2) is 22.7 Å². The minimum absolute atomic E-state index is 0.0454. The zero-order valence-electron chi connectivity index (χ0n) is 10.3. The van der Waals surface area contributed by atoms with Gasteiger partial charge in [0.15, 0.2) is 0 Å². The monoisotopic (exact) mass is 323 g/mol. The van der Waals surface area contributed by atoms with E-state index in [0.717, 1.165) is 19.4 Å². The van der Waals surface area contributed by atoms with Crippen molar-refractivity contribution >= 4 is 27.8 Å². The summed E-state index contributed by atoms with van der Waals surface area (Å²) in [5.41, 5.74) is 0.599. The summed E-state index contributed by atoms with van der Waals surface area (Å²) in [6.07, 6.45) is 3.40. The van der Waals surface area contributed by atoms with Crippen molar-refractivity contribution in [2.75, 3.05) is 6.54 Å². The second kappa shape index (κ2) is 4.63. The molecule has 19 heavy (non-hydrogen) atoms. The van der Waals surface area contributed by atoms with Crippen LogP contribution in [0.4, 0.5) is 0 Å². The number of halogens is 1. The third kappa shape index (κ3) is 2.27. The van der Waals surface area contributed by atoms with Gasteiger partial charge in [-0.25, -0.2) is 4.79 Å². The Balaban J connectivity index is 1.89. The van der Waals surface area contributed by atoms with Crippen molar-refractivity contribution in [2.45, 2.75) is 25.3 Å². The van der Waals surface area contributed by atoms with Crippen LogP contribution in [0.5, 0.6) is 0 Å². The summed E-state index contributed by atoms with van der Waals surface area (Å²) in [5, 5.41) is 9.04. The number of amides is 1. The van der Waals surface area contributed by atoms with E-state index in [1.54, 1.807) is 6.07 Å². The minimum atomic E-state index is -1.02. The van der Waals surface area contributed by atoms with Crippen LogP contribution in [0.25, 0.3) is 0 Å². The van der Waals surface area contributed by atoms with Crippen molar-refractivity contribution in [3.05, 3.63) is 33.8 Å². The fraction of sp³-hybridized carbons (Fsp3) is 0.429. The van der Waals surface area contributed by atoms with Gasteiger partial charge in [0.05, 0.1) is 5.56 Å². The molecular weight excluding hydrogens is 310 g/mol. The van der Waals surface area contributed by atoms with Crippen LogP contribution in [-0.2, 0) is 0 Å². The summed E-state index contributed by atoms with van der Waals surface area (Å²) < 4.78 is 0.625. The molecule has 4 nitrogen and oxygen atoms in total. The summed E-state index contributed by atoms with van der Waals surface area (Å²) in [6.45, 7) is 0.818. The molecule has 1 aromatic carbocycles. The van der Waals surface area contributed by atoms with E-state index >= 15 is 0 Å². The second-order valence-electron chi connectivity index (χ2n) is 5.32. The van der Waals surface area contributed by atoms with Crippen LogP contribution in [0.2, 0.25) is 0 Å². The van der Waals surface area contributed by atoms with Gasteiger partial charge in [-0.2, -0.15) is 0 Å².